The summed E-state index contributed by atoms with van der Waals surface area (Å²) in [6.45, 7) is 7.45. The maximum Gasteiger partial charge on any atom is 0.155 e. The number of hydrogen-bond donors (Lipinski definition) is 0. The molecule has 23 heavy (non-hydrogen) atoms. The fourth-order valence-electron chi connectivity index (χ4n) is 7.07. The van der Waals surface area contributed by atoms with Crippen LogP contribution in [-0.2, 0) is 9.59 Å². The minimum Gasteiger partial charge on any atom is -0.300 e. The van der Waals surface area contributed by atoms with Crippen molar-refractivity contribution in [1.29, 1.82) is 0 Å². The van der Waals surface area contributed by atoms with Crippen molar-refractivity contribution in [2.24, 2.45) is 28.1 Å². The highest BCUT2D eigenvalue weighted by molar-refractivity contribution is 5.91. The van der Waals surface area contributed by atoms with E-state index in [4.69, 9.17) is 0 Å². The Morgan fingerprint density at radius 3 is 2.43 bits per heavy atom. The van der Waals surface area contributed by atoms with E-state index in [0.717, 1.165) is 38.5 Å². The van der Waals surface area contributed by atoms with E-state index in [9.17, 15) is 9.59 Å². The lowest BCUT2D eigenvalue weighted by molar-refractivity contribution is -0.165. The van der Waals surface area contributed by atoms with E-state index in [1.165, 1.54) is 24.8 Å². The van der Waals surface area contributed by atoms with Gasteiger partial charge in [-0.05, 0) is 72.7 Å². The minimum atomic E-state index is 0.219. The zero-order chi connectivity index (χ0) is 16.5. The number of allylic oxidation sites excluding steroid dienone is 2. The van der Waals surface area contributed by atoms with Gasteiger partial charge in [-0.1, -0.05) is 26.3 Å². The van der Waals surface area contributed by atoms with Gasteiger partial charge in [-0.3, -0.25) is 9.59 Å². The molecule has 1 unspecified atom stereocenters. The second-order valence-electron chi connectivity index (χ2n) is 9.46. The van der Waals surface area contributed by atoms with Crippen molar-refractivity contribution in [3.05, 3.63) is 11.6 Å². The maximum atomic E-state index is 12.0. The molecule has 2 heteroatoms. The molecule has 126 valence electrons. The standard InChI is InChI=1S/C21H30O2/c1-19-9-7-16(22)12-14(19)6-10-21(3)18(19)5-4-15-13-17(23)8-11-20(15,21)2/h12,15,18H,4-11,13H2,1-3H3/t15-,18-,19-,20-,21?/m0/s1. The summed E-state index contributed by atoms with van der Waals surface area (Å²) >= 11 is 0. The lowest BCUT2D eigenvalue weighted by Gasteiger charge is -2.67. The molecule has 0 heterocycles. The molecule has 0 aromatic heterocycles. The first-order valence-corrected chi connectivity index (χ1v) is 9.55. The first kappa shape index (κ1) is 15.6. The summed E-state index contributed by atoms with van der Waals surface area (Å²) in [6.07, 6.45) is 11.2. The second-order valence-corrected chi connectivity index (χ2v) is 9.46. The summed E-state index contributed by atoms with van der Waals surface area (Å²) in [6, 6.07) is 0. The van der Waals surface area contributed by atoms with Gasteiger partial charge < -0.3 is 0 Å². The lowest BCUT2D eigenvalue weighted by atomic mass is 9.37. The highest BCUT2D eigenvalue weighted by Crippen LogP contribution is 2.71. The fourth-order valence-corrected chi connectivity index (χ4v) is 7.07. The topological polar surface area (TPSA) is 34.1 Å². The molecular weight excluding hydrogens is 284 g/mol. The molecule has 0 N–H and O–H groups in total. The van der Waals surface area contributed by atoms with E-state index in [1.54, 1.807) is 0 Å². The molecule has 4 rings (SSSR count). The number of hydrogen-bond acceptors (Lipinski definition) is 2. The molecule has 0 bridgehead atoms. The lowest BCUT2D eigenvalue weighted by Crippen LogP contribution is -2.60. The Kier molecular flexibility index (Phi) is 3.26. The van der Waals surface area contributed by atoms with Crippen molar-refractivity contribution >= 4 is 11.6 Å². The molecule has 0 aromatic rings. The van der Waals surface area contributed by atoms with Crippen molar-refractivity contribution in [1.82, 2.24) is 0 Å². The third-order valence-electron chi connectivity index (χ3n) is 8.82. The van der Waals surface area contributed by atoms with E-state index in [-0.39, 0.29) is 5.41 Å². The van der Waals surface area contributed by atoms with Crippen LogP contribution in [0.25, 0.3) is 0 Å². The number of carbonyl (C=O) groups excluding carboxylic acids is 2. The molecule has 0 aromatic carbocycles. The number of rotatable bonds is 0. The summed E-state index contributed by atoms with van der Waals surface area (Å²) in [5.74, 6) is 2.09. The molecule has 3 saturated carbocycles. The van der Waals surface area contributed by atoms with Gasteiger partial charge in [-0.25, -0.2) is 0 Å². The van der Waals surface area contributed by atoms with E-state index in [2.05, 4.69) is 20.8 Å². The minimum absolute atomic E-state index is 0.219. The summed E-state index contributed by atoms with van der Waals surface area (Å²) in [4.78, 5) is 23.9. The number of carbonyl (C=O) groups is 2. The van der Waals surface area contributed by atoms with Gasteiger partial charge in [0.1, 0.15) is 5.78 Å². The fraction of sp³-hybridized carbons (Fsp3) is 0.810. The van der Waals surface area contributed by atoms with Crippen molar-refractivity contribution in [3.63, 3.8) is 0 Å². The van der Waals surface area contributed by atoms with Gasteiger partial charge in [0.2, 0.25) is 0 Å². The van der Waals surface area contributed by atoms with E-state index < -0.39 is 0 Å². The average Bonchev–Trinajstić information content (AvgIpc) is 2.50. The highest BCUT2D eigenvalue weighted by Gasteiger charge is 2.63. The summed E-state index contributed by atoms with van der Waals surface area (Å²) in [7, 11) is 0. The van der Waals surface area contributed by atoms with Gasteiger partial charge in [0.25, 0.3) is 0 Å². The van der Waals surface area contributed by atoms with E-state index in [1.807, 2.05) is 6.08 Å². The van der Waals surface area contributed by atoms with Gasteiger partial charge in [0.15, 0.2) is 5.78 Å². The van der Waals surface area contributed by atoms with Gasteiger partial charge in [-0.15, -0.1) is 0 Å². The van der Waals surface area contributed by atoms with Crippen LogP contribution in [0, 0.1) is 28.1 Å². The third-order valence-corrected chi connectivity index (χ3v) is 8.82. The molecule has 0 saturated heterocycles. The Balaban J connectivity index is 1.76. The monoisotopic (exact) mass is 314 g/mol. The summed E-state index contributed by atoms with van der Waals surface area (Å²) < 4.78 is 0. The zero-order valence-electron chi connectivity index (χ0n) is 14.9. The second kappa shape index (κ2) is 4.80. The van der Waals surface area contributed by atoms with Gasteiger partial charge in [-0.2, -0.15) is 0 Å². The first-order chi connectivity index (χ1) is 10.8. The van der Waals surface area contributed by atoms with Crippen molar-refractivity contribution in [2.45, 2.75) is 78.6 Å². The van der Waals surface area contributed by atoms with Crippen LogP contribution in [0.15, 0.2) is 11.6 Å². The van der Waals surface area contributed by atoms with Crippen molar-refractivity contribution < 1.29 is 9.59 Å². The Morgan fingerprint density at radius 2 is 1.65 bits per heavy atom. The van der Waals surface area contributed by atoms with Crippen LogP contribution in [0.4, 0.5) is 0 Å². The summed E-state index contributed by atoms with van der Waals surface area (Å²) in [5, 5.41) is 0. The smallest absolute Gasteiger partial charge is 0.155 e. The average molecular weight is 314 g/mol. The van der Waals surface area contributed by atoms with Crippen LogP contribution in [0.5, 0.6) is 0 Å². The number of ketones is 2. The van der Waals surface area contributed by atoms with Crippen LogP contribution in [0.3, 0.4) is 0 Å². The molecule has 0 aliphatic heterocycles. The van der Waals surface area contributed by atoms with Crippen molar-refractivity contribution in [3.8, 4) is 0 Å². The SMILES string of the molecule is CC12CCC3=CC(=O)CC[C@]3(C)[C@@H]1CC[C@H]1CC(=O)CC[C@@]12C. The Bertz CT molecular complexity index is 603. The maximum absolute atomic E-state index is 12.0. The third kappa shape index (κ3) is 1.93. The van der Waals surface area contributed by atoms with E-state index >= 15 is 0 Å². The van der Waals surface area contributed by atoms with Gasteiger partial charge in [0, 0.05) is 19.3 Å². The molecule has 4 aliphatic rings. The highest BCUT2D eigenvalue weighted by atomic mass is 16.1. The molecule has 0 amide bonds. The predicted molar refractivity (Wildman–Crippen MR) is 91.0 cm³/mol. The normalized spacial score (nSPS) is 49.8. The van der Waals surface area contributed by atoms with E-state index in [0.29, 0.717) is 34.2 Å². The Hall–Kier alpha value is -0.920. The molecule has 3 fully saturated rings. The largest absolute Gasteiger partial charge is 0.300 e. The predicted octanol–water partition coefficient (Wildman–Crippen LogP) is 4.87. The molecule has 4 aliphatic carbocycles. The molecule has 2 nitrogen and oxygen atoms in total. The first-order valence-electron chi connectivity index (χ1n) is 9.55. The van der Waals surface area contributed by atoms with Crippen LogP contribution in [0.2, 0.25) is 0 Å². The van der Waals surface area contributed by atoms with Crippen molar-refractivity contribution in [2.75, 3.05) is 0 Å². The quantitative estimate of drug-likeness (QED) is 0.639. The Labute approximate surface area is 140 Å². The number of fused-ring (bicyclic) bond motifs is 5. The van der Waals surface area contributed by atoms with Gasteiger partial charge >= 0.3 is 0 Å². The molecular formula is C21H30O2. The molecule has 5 atom stereocenters. The molecule has 0 radical (unpaired) electrons. The van der Waals surface area contributed by atoms with Crippen LogP contribution < -0.4 is 0 Å². The Morgan fingerprint density at radius 1 is 0.913 bits per heavy atom. The molecule has 0 spiro atoms. The summed E-state index contributed by atoms with van der Waals surface area (Å²) in [5.41, 5.74) is 2.28. The van der Waals surface area contributed by atoms with Crippen LogP contribution in [-0.4, -0.2) is 11.6 Å². The van der Waals surface area contributed by atoms with Crippen LogP contribution >= 0.6 is 0 Å². The van der Waals surface area contributed by atoms with Gasteiger partial charge in [0.05, 0.1) is 0 Å². The zero-order valence-corrected chi connectivity index (χ0v) is 14.9. The number of Topliss-reactive ketones (excluding diaryl/α,β-unsaturated/α-hetero) is 1. The van der Waals surface area contributed by atoms with Crippen LogP contribution in [0.1, 0.15) is 78.6 Å².